The summed E-state index contributed by atoms with van der Waals surface area (Å²) in [5, 5.41) is 5.96. The summed E-state index contributed by atoms with van der Waals surface area (Å²) in [5.74, 6) is -0.844. The maximum Gasteiger partial charge on any atom is 0.312 e. The summed E-state index contributed by atoms with van der Waals surface area (Å²) in [7, 11) is 0. The van der Waals surface area contributed by atoms with Gasteiger partial charge in [0.1, 0.15) is 5.01 Å². The average Bonchev–Trinajstić information content (AvgIpc) is 2.95. The lowest BCUT2D eigenvalue weighted by Gasteiger charge is -2.11. The molecule has 1 aromatic heterocycles. The molecule has 2 rings (SSSR count). The Balaban J connectivity index is 2.04. The van der Waals surface area contributed by atoms with Crippen molar-refractivity contribution < 1.29 is 14.3 Å². The zero-order valence-corrected chi connectivity index (χ0v) is 15.5. The van der Waals surface area contributed by atoms with Gasteiger partial charge in [-0.05, 0) is 26.0 Å². The summed E-state index contributed by atoms with van der Waals surface area (Å²) >= 11 is 13.7. The van der Waals surface area contributed by atoms with Gasteiger partial charge in [0, 0.05) is 17.5 Å². The van der Waals surface area contributed by atoms with Crippen LogP contribution in [0.2, 0.25) is 10.0 Å². The van der Waals surface area contributed by atoms with Crippen LogP contribution in [-0.2, 0) is 20.7 Å². The summed E-state index contributed by atoms with van der Waals surface area (Å²) in [6, 6.07) is 5.21. The number of rotatable bonds is 6. The highest BCUT2D eigenvalue weighted by Crippen LogP contribution is 2.36. The van der Waals surface area contributed by atoms with E-state index in [0.29, 0.717) is 32.9 Å². The fraction of sp³-hybridized carbons (Fsp3) is 0.312. The number of nitrogens with one attached hydrogen (secondary N) is 1. The molecule has 5 nitrogen and oxygen atoms in total. The number of nitrogens with zero attached hydrogens (tertiary/aromatic N) is 1. The molecule has 1 aromatic carbocycles. The van der Waals surface area contributed by atoms with Gasteiger partial charge in [-0.25, -0.2) is 4.98 Å². The molecule has 24 heavy (non-hydrogen) atoms. The van der Waals surface area contributed by atoms with Gasteiger partial charge in [0.2, 0.25) is 0 Å². The van der Waals surface area contributed by atoms with Crippen LogP contribution in [0.25, 0.3) is 10.6 Å². The van der Waals surface area contributed by atoms with Crippen LogP contribution in [-0.4, -0.2) is 29.5 Å². The average molecular weight is 387 g/mol. The van der Waals surface area contributed by atoms with Crippen molar-refractivity contribution in [2.75, 3.05) is 6.54 Å². The van der Waals surface area contributed by atoms with Crippen LogP contribution >= 0.6 is 34.5 Å². The van der Waals surface area contributed by atoms with Crippen molar-refractivity contribution in [3.63, 3.8) is 0 Å². The van der Waals surface area contributed by atoms with Crippen LogP contribution in [0.15, 0.2) is 23.6 Å². The van der Waals surface area contributed by atoms with Gasteiger partial charge in [-0.15, -0.1) is 11.3 Å². The Bertz CT molecular complexity index is 728. The minimum atomic E-state index is -0.839. The van der Waals surface area contributed by atoms with Crippen molar-refractivity contribution in [3.05, 3.63) is 39.3 Å². The Labute approximate surface area is 153 Å². The molecule has 0 saturated carbocycles. The molecule has 0 radical (unpaired) electrons. The van der Waals surface area contributed by atoms with E-state index >= 15 is 0 Å². The summed E-state index contributed by atoms with van der Waals surface area (Å²) in [5.41, 5.74) is 1.18. The number of thiazole rings is 1. The lowest BCUT2D eigenvalue weighted by molar-refractivity contribution is -0.154. The van der Waals surface area contributed by atoms with Gasteiger partial charge in [0.05, 0.1) is 22.2 Å². The van der Waals surface area contributed by atoms with Crippen LogP contribution in [0, 0.1) is 0 Å². The van der Waals surface area contributed by atoms with E-state index in [9.17, 15) is 9.59 Å². The molecule has 0 aliphatic rings. The lowest BCUT2D eigenvalue weighted by Crippen LogP contribution is -2.35. The number of carbonyl (C=O) groups is 2. The highest BCUT2D eigenvalue weighted by molar-refractivity contribution is 7.13. The van der Waals surface area contributed by atoms with Crippen molar-refractivity contribution in [1.82, 2.24) is 10.3 Å². The maximum atomic E-state index is 11.9. The Hall–Kier alpha value is -1.63. The maximum absolute atomic E-state index is 11.9. The second-order valence-electron chi connectivity index (χ2n) is 4.94. The van der Waals surface area contributed by atoms with Crippen molar-refractivity contribution in [3.8, 4) is 10.6 Å². The smallest absolute Gasteiger partial charge is 0.312 e. The third-order valence-electron chi connectivity index (χ3n) is 3.08. The standard InChI is InChI=1S/C16H16Cl2N2O3S/c1-3-19-15(22)9(2)23-13(21)7-10-8-24-16(20-10)14-11(17)5-4-6-12(14)18/h4-6,8-9H,3,7H2,1-2H3,(H,19,22)/t9-/m0/s1. The van der Waals surface area contributed by atoms with E-state index in [1.165, 1.54) is 18.3 Å². The molecule has 0 spiro atoms. The van der Waals surface area contributed by atoms with Crippen molar-refractivity contribution in [2.24, 2.45) is 0 Å². The number of hydrogen-bond donors (Lipinski definition) is 1. The minimum Gasteiger partial charge on any atom is -0.452 e. The highest BCUT2D eigenvalue weighted by atomic mass is 35.5. The van der Waals surface area contributed by atoms with Crippen LogP contribution in [0.5, 0.6) is 0 Å². The van der Waals surface area contributed by atoms with Gasteiger partial charge in [-0.3, -0.25) is 9.59 Å². The molecule has 1 heterocycles. The Morgan fingerprint density at radius 2 is 2.00 bits per heavy atom. The number of aromatic nitrogens is 1. The topological polar surface area (TPSA) is 68.3 Å². The number of amides is 1. The predicted octanol–water partition coefficient (Wildman–Crippen LogP) is 3.73. The van der Waals surface area contributed by atoms with Crippen LogP contribution in [0.4, 0.5) is 0 Å². The fourth-order valence-electron chi connectivity index (χ4n) is 1.96. The van der Waals surface area contributed by atoms with E-state index in [0.717, 1.165) is 0 Å². The zero-order valence-electron chi connectivity index (χ0n) is 13.1. The van der Waals surface area contributed by atoms with Crippen molar-refractivity contribution in [1.29, 1.82) is 0 Å². The fourth-order valence-corrected chi connectivity index (χ4v) is 3.54. The first-order valence-electron chi connectivity index (χ1n) is 7.28. The van der Waals surface area contributed by atoms with Gasteiger partial charge in [0.25, 0.3) is 5.91 Å². The SMILES string of the molecule is CCNC(=O)[C@H](C)OC(=O)Cc1csc(-c2c(Cl)cccc2Cl)n1. The Morgan fingerprint density at radius 3 is 2.62 bits per heavy atom. The molecule has 128 valence electrons. The normalized spacial score (nSPS) is 11.8. The van der Waals surface area contributed by atoms with E-state index < -0.39 is 12.1 Å². The Morgan fingerprint density at radius 1 is 1.33 bits per heavy atom. The number of likely N-dealkylation sites (N-methyl/N-ethyl adjacent to an activating group) is 1. The van der Waals surface area contributed by atoms with Gasteiger partial charge >= 0.3 is 5.97 Å². The summed E-state index contributed by atoms with van der Waals surface area (Å²) in [6.07, 6.45) is -0.865. The van der Waals surface area contributed by atoms with E-state index in [2.05, 4.69) is 10.3 Å². The highest BCUT2D eigenvalue weighted by Gasteiger charge is 2.19. The van der Waals surface area contributed by atoms with Crippen LogP contribution in [0.1, 0.15) is 19.5 Å². The molecule has 8 heteroatoms. The van der Waals surface area contributed by atoms with E-state index in [1.807, 2.05) is 0 Å². The molecule has 1 atom stereocenters. The second kappa shape index (κ2) is 8.46. The van der Waals surface area contributed by atoms with E-state index in [1.54, 1.807) is 30.5 Å². The van der Waals surface area contributed by atoms with Gasteiger partial charge in [0.15, 0.2) is 6.10 Å². The molecule has 1 amide bonds. The van der Waals surface area contributed by atoms with Gasteiger partial charge in [-0.1, -0.05) is 29.3 Å². The van der Waals surface area contributed by atoms with Crippen molar-refractivity contribution >= 4 is 46.4 Å². The molecular formula is C16H16Cl2N2O3S. The van der Waals surface area contributed by atoms with Crippen molar-refractivity contribution in [2.45, 2.75) is 26.4 Å². The quantitative estimate of drug-likeness (QED) is 0.767. The number of carbonyl (C=O) groups excluding carboxylic acids is 2. The first-order chi connectivity index (χ1) is 11.4. The van der Waals surface area contributed by atoms with E-state index in [-0.39, 0.29) is 12.3 Å². The first kappa shape index (κ1) is 18.7. The summed E-state index contributed by atoms with van der Waals surface area (Å²) < 4.78 is 5.09. The number of esters is 1. The van der Waals surface area contributed by atoms with Gasteiger partial charge in [-0.2, -0.15) is 0 Å². The molecule has 2 aromatic rings. The van der Waals surface area contributed by atoms with E-state index in [4.69, 9.17) is 27.9 Å². The Kier molecular flexibility index (Phi) is 6.60. The molecular weight excluding hydrogens is 371 g/mol. The number of hydrogen-bond acceptors (Lipinski definition) is 5. The zero-order chi connectivity index (χ0) is 17.7. The summed E-state index contributed by atoms with van der Waals surface area (Å²) in [4.78, 5) is 27.9. The molecule has 0 unspecified atom stereocenters. The minimum absolute atomic E-state index is 0.0255. The second-order valence-corrected chi connectivity index (χ2v) is 6.62. The third-order valence-corrected chi connectivity index (χ3v) is 4.62. The van der Waals surface area contributed by atoms with Crippen LogP contribution < -0.4 is 5.32 Å². The molecule has 0 fully saturated rings. The molecule has 0 bridgehead atoms. The first-order valence-corrected chi connectivity index (χ1v) is 8.92. The summed E-state index contributed by atoms with van der Waals surface area (Å²) in [6.45, 7) is 3.80. The van der Waals surface area contributed by atoms with Crippen LogP contribution in [0.3, 0.4) is 0 Å². The molecule has 0 aliphatic carbocycles. The number of halogens is 2. The predicted molar refractivity (Wildman–Crippen MR) is 95.5 cm³/mol. The lowest BCUT2D eigenvalue weighted by atomic mass is 10.2. The monoisotopic (exact) mass is 386 g/mol. The number of benzene rings is 1. The molecule has 0 saturated heterocycles. The molecule has 0 aliphatic heterocycles. The largest absolute Gasteiger partial charge is 0.452 e. The molecule has 1 N–H and O–H groups in total. The third kappa shape index (κ3) is 4.69. The van der Waals surface area contributed by atoms with Gasteiger partial charge < -0.3 is 10.1 Å². The number of ether oxygens (including phenoxy) is 1.